The van der Waals surface area contributed by atoms with Gasteiger partial charge in [0.05, 0.1) is 72.3 Å². The molecule has 0 unspecified atom stereocenters. The molecule has 0 aliphatic carbocycles. The van der Waals surface area contributed by atoms with E-state index < -0.39 is 22.7 Å². The fraction of sp³-hybridized carbons (Fsp3) is 0.486. The number of amides is 1. The third-order valence-electron chi connectivity index (χ3n) is 7.18. The Bertz CT molecular complexity index is 1740. The van der Waals surface area contributed by atoms with E-state index >= 15 is 0 Å². The first-order valence-corrected chi connectivity index (χ1v) is 16.7. The van der Waals surface area contributed by atoms with E-state index in [2.05, 4.69) is 29.5 Å². The van der Waals surface area contributed by atoms with Gasteiger partial charge < -0.3 is 59.0 Å². The molecule has 0 fully saturated rings. The van der Waals surface area contributed by atoms with Gasteiger partial charge in [-0.15, -0.1) is 5.10 Å². The van der Waals surface area contributed by atoms with Crippen LogP contribution in [0.3, 0.4) is 0 Å². The molecule has 2 aromatic heterocycles. The molecule has 0 atom stereocenters. The summed E-state index contributed by atoms with van der Waals surface area (Å²) in [6.07, 6.45) is 3.38. The lowest BCUT2D eigenvalue weighted by molar-refractivity contribution is -0.121. The lowest BCUT2D eigenvalue weighted by Crippen LogP contribution is -2.20. The van der Waals surface area contributed by atoms with E-state index in [-0.39, 0.29) is 39.7 Å². The van der Waals surface area contributed by atoms with Crippen LogP contribution >= 0.6 is 0 Å². The number of nitrogens with zero attached hydrogens (tertiary/aromatic N) is 3. The number of hydrogen-bond acceptors (Lipinski definition) is 15. The molecule has 6 N–H and O–H groups in total. The van der Waals surface area contributed by atoms with Crippen LogP contribution in [0.1, 0.15) is 32.4 Å². The molecule has 0 aliphatic rings. The first-order chi connectivity index (χ1) is 25.0. The smallest absolute Gasteiger partial charge is 0.238 e. The molecule has 2 aromatic carbocycles. The van der Waals surface area contributed by atoms with Gasteiger partial charge in [0.25, 0.3) is 0 Å². The van der Waals surface area contributed by atoms with E-state index in [9.17, 15) is 35.1 Å². The highest BCUT2D eigenvalue weighted by atomic mass is 16.6. The molecule has 17 nitrogen and oxygen atoms in total. The minimum absolute atomic E-state index is 0.0281. The second-order valence-electron chi connectivity index (χ2n) is 11.7. The third kappa shape index (κ3) is 14.0. The van der Waals surface area contributed by atoms with Gasteiger partial charge in [-0.2, -0.15) is 0 Å². The number of phenolic OH excluding ortho intramolecular Hbond substituents is 4. The van der Waals surface area contributed by atoms with Gasteiger partial charge in [-0.3, -0.25) is 14.3 Å². The zero-order chi connectivity index (χ0) is 37.9. The number of benzene rings is 2. The summed E-state index contributed by atoms with van der Waals surface area (Å²) >= 11 is 0. The molecule has 0 aliphatic heterocycles. The Hall–Kier alpha value is -4.94. The van der Waals surface area contributed by atoms with Crippen molar-refractivity contribution in [3.05, 3.63) is 52.4 Å². The zero-order valence-corrected chi connectivity index (χ0v) is 29.6. The molecule has 1 amide bonds. The van der Waals surface area contributed by atoms with Crippen LogP contribution in [0.15, 0.2) is 45.7 Å². The molecule has 0 radical (unpaired) electrons. The minimum Gasteiger partial charge on any atom is -0.508 e. The van der Waals surface area contributed by atoms with Crippen molar-refractivity contribution < 1.29 is 58.4 Å². The van der Waals surface area contributed by atoms with Gasteiger partial charge in [0.1, 0.15) is 28.2 Å². The van der Waals surface area contributed by atoms with Gasteiger partial charge >= 0.3 is 0 Å². The molecule has 4 aromatic rings. The second kappa shape index (κ2) is 22.1. The van der Waals surface area contributed by atoms with Crippen molar-refractivity contribution in [3.8, 4) is 40.1 Å². The Kier molecular flexibility index (Phi) is 17.6. The highest BCUT2D eigenvalue weighted by Gasteiger charge is 2.19. The number of ether oxygens (including phenoxy) is 5. The number of fused-ring (bicyclic) bond motifs is 1. The highest BCUT2D eigenvalue weighted by molar-refractivity contribution is 5.88. The van der Waals surface area contributed by atoms with Crippen LogP contribution in [0.25, 0.3) is 22.3 Å². The number of phenols is 4. The van der Waals surface area contributed by atoms with Crippen molar-refractivity contribution in [1.29, 1.82) is 0 Å². The molecule has 52 heavy (non-hydrogen) atoms. The normalized spacial score (nSPS) is 11.2. The van der Waals surface area contributed by atoms with Crippen LogP contribution in [-0.2, 0) is 41.6 Å². The zero-order valence-electron chi connectivity index (χ0n) is 29.6. The summed E-state index contributed by atoms with van der Waals surface area (Å²) in [5.74, 6) is -2.09. The number of aromatic hydroxyl groups is 5. The molecule has 4 rings (SSSR count). The van der Waals surface area contributed by atoms with Crippen LogP contribution in [0, 0.1) is 5.92 Å². The quantitative estimate of drug-likeness (QED) is 0.0533. The van der Waals surface area contributed by atoms with Crippen LogP contribution in [0.4, 0.5) is 0 Å². The summed E-state index contributed by atoms with van der Waals surface area (Å²) in [6.45, 7) is 10.1. The van der Waals surface area contributed by atoms with Crippen molar-refractivity contribution in [1.82, 2.24) is 20.3 Å². The summed E-state index contributed by atoms with van der Waals surface area (Å²) in [7, 11) is 1.61. The van der Waals surface area contributed by atoms with Crippen LogP contribution in [-0.4, -0.2) is 113 Å². The fourth-order valence-corrected chi connectivity index (χ4v) is 4.39. The number of aryl methyl sites for hydroxylation is 1. The molecule has 17 heteroatoms. The predicted molar refractivity (Wildman–Crippen MR) is 187 cm³/mol. The van der Waals surface area contributed by atoms with Gasteiger partial charge in [-0.1, -0.05) is 19.1 Å². The largest absolute Gasteiger partial charge is 0.508 e. The standard InChI is InChI=1S/C20H38N4O6.C15H10O7/c1-18(2)4-6-24-16-19(22-23-24)17-30-15-14-29-13-12-28-11-10-27-9-8-26-7-5-20(25)21-3;16-7-4-10(19)12-11(5-7)22-15(14(21)13(12)20)6-1-2-8(17)9(18)3-6/h16,18H,4-15,17H2,1-3H3,(H,21,25);1-5,16-19,21H. The lowest BCUT2D eigenvalue weighted by Gasteiger charge is -2.08. The summed E-state index contributed by atoms with van der Waals surface area (Å²) in [5.41, 5.74) is -0.0576. The summed E-state index contributed by atoms with van der Waals surface area (Å²) in [6, 6.07) is 5.64. The SMILES string of the molecule is CNC(=O)CCOCCOCCOCCOCCOCc1cn(CCC(C)C)nn1.O=c1c(O)c(-c2ccc(O)c(O)c2)oc2cc(O)cc(O)c12. The van der Waals surface area contributed by atoms with E-state index in [1.165, 1.54) is 6.07 Å². The predicted octanol–water partition coefficient (Wildman–Crippen LogP) is 3.03. The average molecular weight is 733 g/mol. The fourth-order valence-electron chi connectivity index (χ4n) is 4.39. The van der Waals surface area contributed by atoms with Crippen molar-refractivity contribution in [2.75, 3.05) is 66.5 Å². The van der Waals surface area contributed by atoms with Gasteiger partial charge in [-0.25, -0.2) is 0 Å². The molecule has 0 saturated heterocycles. The Morgan fingerprint density at radius 3 is 2.04 bits per heavy atom. The van der Waals surface area contributed by atoms with Crippen LogP contribution < -0.4 is 10.7 Å². The van der Waals surface area contributed by atoms with Crippen molar-refractivity contribution in [2.45, 2.75) is 39.8 Å². The van der Waals surface area contributed by atoms with Gasteiger partial charge in [0.2, 0.25) is 17.1 Å². The van der Waals surface area contributed by atoms with E-state index in [1.807, 2.05) is 10.9 Å². The van der Waals surface area contributed by atoms with E-state index in [0.29, 0.717) is 78.4 Å². The Labute approximate surface area is 300 Å². The molecule has 286 valence electrons. The highest BCUT2D eigenvalue weighted by Crippen LogP contribution is 2.37. The number of nitrogens with one attached hydrogen (secondary N) is 1. The number of aromatic nitrogens is 3. The third-order valence-corrected chi connectivity index (χ3v) is 7.18. The Morgan fingerprint density at radius 2 is 1.44 bits per heavy atom. The summed E-state index contributed by atoms with van der Waals surface area (Å²) < 4.78 is 34.3. The monoisotopic (exact) mass is 732 g/mol. The first kappa shape index (κ1) is 41.5. The van der Waals surface area contributed by atoms with E-state index in [4.69, 9.17) is 28.1 Å². The van der Waals surface area contributed by atoms with Gasteiger partial charge in [-0.05, 0) is 30.5 Å². The number of carbonyl (C=O) groups is 1. The maximum absolute atomic E-state index is 12.1. The average Bonchev–Trinajstić information content (AvgIpc) is 3.57. The molecular weight excluding hydrogens is 684 g/mol. The molecule has 0 bridgehead atoms. The number of hydrogen-bond donors (Lipinski definition) is 6. The van der Waals surface area contributed by atoms with Crippen molar-refractivity contribution in [2.24, 2.45) is 5.92 Å². The van der Waals surface area contributed by atoms with Gasteiger partial charge in [0.15, 0.2) is 17.3 Å². The Balaban J connectivity index is 0.000000292. The van der Waals surface area contributed by atoms with E-state index in [1.54, 1.807) is 7.05 Å². The van der Waals surface area contributed by atoms with Crippen molar-refractivity contribution in [3.63, 3.8) is 0 Å². The maximum Gasteiger partial charge on any atom is 0.238 e. The maximum atomic E-state index is 12.1. The first-order valence-electron chi connectivity index (χ1n) is 16.7. The molecular formula is C35H48N4O13. The van der Waals surface area contributed by atoms with Gasteiger partial charge in [0, 0.05) is 37.7 Å². The molecule has 0 spiro atoms. The molecule has 0 saturated carbocycles. The van der Waals surface area contributed by atoms with E-state index in [0.717, 1.165) is 42.9 Å². The Morgan fingerprint density at radius 1 is 0.827 bits per heavy atom. The topological polar surface area (TPSA) is 237 Å². The number of carbonyl (C=O) groups excluding carboxylic acids is 1. The minimum atomic E-state index is -0.888. The lowest BCUT2D eigenvalue weighted by atomic mass is 10.1. The second-order valence-corrected chi connectivity index (χ2v) is 11.7. The molecule has 2 heterocycles. The van der Waals surface area contributed by atoms with Crippen LogP contribution in [0.5, 0.6) is 28.7 Å². The number of rotatable bonds is 21. The summed E-state index contributed by atoms with van der Waals surface area (Å²) in [4.78, 5) is 23.1. The van der Waals surface area contributed by atoms with Crippen molar-refractivity contribution >= 4 is 16.9 Å². The van der Waals surface area contributed by atoms with Crippen LogP contribution in [0.2, 0.25) is 0 Å². The summed E-state index contributed by atoms with van der Waals surface area (Å²) in [5, 5.41) is 58.4.